The second-order valence-corrected chi connectivity index (χ2v) is 8.17. The van der Waals surface area contributed by atoms with Crippen LogP contribution in [0.25, 0.3) is 0 Å². The monoisotopic (exact) mass is 377 g/mol. The van der Waals surface area contributed by atoms with Crippen molar-refractivity contribution in [2.24, 2.45) is 0 Å². The summed E-state index contributed by atoms with van der Waals surface area (Å²) in [6.45, 7) is 6.44. The van der Waals surface area contributed by atoms with E-state index in [2.05, 4.69) is 11.8 Å². The number of likely N-dealkylation sites (N-methyl/N-ethyl adjacent to an activating group) is 1. The van der Waals surface area contributed by atoms with Gasteiger partial charge in [-0.15, -0.1) is 0 Å². The first-order valence-electron chi connectivity index (χ1n) is 9.83. The molecule has 2 saturated heterocycles. The van der Waals surface area contributed by atoms with E-state index in [0.29, 0.717) is 26.2 Å². The van der Waals surface area contributed by atoms with E-state index in [1.165, 1.54) is 5.56 Å². The van der Waals surface area contributed by atoms with Crippen LogP contribution in [-0.2, 0) is 4.79 Å². The highest BCUT2D eigenvalue weighted by Gasteiger charge is 2.48. The predicted octanol–water partition coefficient (Wildman–Crippen LogP) is 2.87. The molecule has 0 saturated carbocycles. The maximum Gasteiger partial charge on any atom is 0.253 e. The Morgan fingerprint density at radius 1 is 1.00 bits per heavy atom. The largest absolute Gasteiger partial charge is 0.337 e. The number of nitrogens with zero attached hydrogens (tertiary/aromatic N) is 3. The number of rotatable bonds is 2. The standard InChI is InChI=1S/C23H27N3O2/c1-17-9-10-19(13-18(17)2)22(28)25-12-11-23(15-25)16-26(21(27)14-24(23)3)20-7-5-4-6-8-20/h4-10,13H,11-12,14-16H2,1-3H3/t23-/m0/s1. The second-order valence-electron chi connectivity index (χ2n) is 8.17. The van der Waals surface area contributed by atoms with E-state index >= 15 is 0 Å². The van der Waals surface area contributed by atoms with Gasteiger partial charge in [-0.1, -0.05) is 24.3 Å². The third-order valence-corrected chi connectivity index (χ3v) is 6.38. The molecule has 2 aromatic rings. The quantitative estimate of drug-likeness (QED) is 0.808. The van der Waals surface area contributed by atoms with Gasteiger partial charge in [-0.3, -0.25) is 14.5 Å². The Morgan fingerprint density at radius 3 is 2.46 bits per heavy atom. The summed E-state index contributed by atoms with van der Waals surface area (Å²) >= 11 is 0. The number of amides is 2. The number of hydrogen-bond donors (Lipinski definition) is 0. The molecule has 1 spiro atoms. The van der Waals surface area contributed by atoms with Gasteiger partial charge in [0.2, 0.25) is 5.91 Å². The number of benzene rings is 2. The first-order chi connectivity index (χ1) is 13.4. The van der Waals surface area contributed by atoms with E-state index in [0.717, 1.165) is 23.2 Å². The van der Waals surface area contributed by atoms with Crippen LogP contribution in [-0.4, -0.2) is 60.4 Å². The Balaban J connectivity index is 1.56. The highest BCUT2D eigenvalue weighted by atomic mass is 16.2. The van der Waals surface area contributed by atoms with Crippen LogP contribution in [0.15, 0.2) is 48.5 Å². The lowest BCUT2D eigenvalue weighted by atomic mass is 9.92. The third kappa shape index (κ3) is 3.20. The molecule has 1 atom stereocenters. The summed E-state index contributed by atoms with van der Waals surface area (Å²) in [7, 11) is 2.00. The molecule has 5 nitrogen and oxygen atoms in total. The number of piperazine rings is 1. The van der Waals surface area contributed by atoms with Crippen LogP contribution in [0.3, 0.4) is 0 Å². The first-order valence-corrected chi connectivity index (χ1v) is 9.83. The molecule has 146 valence electrons. The van der Waals surface area contributed by atoms with E-state index in [-0.39, 0.29) is 17.4 Å². The van der Waals surface area contributed by atoms with Crippen molar-refractivity contribution in [2.45, 2.75) is 25.8 Å². The van der Waals surface area contributed by atoms with Crippen molar-refractivity contribution >= 4 is 17.5 Å². The van der Waals surface area contributed by atoms with Gasteiger partial charge in [-0.25, -0.2) is 0 Å². The summed E-state index contributed by atoms with van der Waals surface area (Å²) in [6, 6.07) is 15.7. The molecule has 2 fully saturated rings. The van der Waals surface area contributed by atoms with E-state index < -0.39 is 0 Å². The summed E-state index contributed by atoms with van der Waals surface area (Å²) in [5.74, 6) is 0.190. The third-order valence-electron chi connectivity index (χ3n) is 6.38. The van der Waals surface area contributed by atoms with Crippen molar-refractivity contribution in [3.05, 3.63) is 65.2 Å². The topological polar surface area (TPSA) is 43.9 Å². The average Bonchev–Trinajstić information content (AvgIpc) is 3.12. The molecule has 2 heterocycles. The van der Waals surface area contributed by atoms with Gasteiger partial charge in [0, 0.05) is 30.9 Å². The van der Waals surface area contributed by atoms with Crippen molar-refractivity contribution in [1.29, 1.82) is 0 Å². The SMILES string of the molecule is Cc1ccc(C(=O)N2CC[C@]3(C2)CN(c2ccccc2)C(=O)CN3C)cc1C. The molecule has 0 radical (unpaired) electrons. The van der Waals surface area contributed by atoms with E-state index in [9.17, 15) is 9.59 Å². The van der Waals surface area contributed by atoms with Gasteiger partial charge in [-0.05, 0) is 62.7 Å². The lowest BCUT2D eigenvalue weighted by molar-refractivity contribution is -0.123. The normalized spacial score (nSPS) is 22.9. The summed E-state index contributed by atoms with van der Waals surface area (Å²) in [4.78, 5) is 31.7. The van der Waals surface area contributed by atoms with Crippen LogP contribution in [0.1, 0.15) is 27.9 Å². The lowest BCUT2D eigenvalue weighted by Crippen LogP contribution is -2.64. The zero-order valence-corrected chi connectivity index (χ0v) is 16.8. The Bertz CT molecular complexity index is 911. The molecule has 2 aliphatic rings. The molecule has 5 heteroatoms. The van der Waals surface area contributed by atoms with Crippen molar-refractivity contribution in [1.82, 2.24) is 9.80 Å². The molecule has 2 aromatic carbocycles. The Labute approximate surface area is 166 Å². The minimum absolute atomic E-state index is 0.0801. The summed E-state index contributed by atoms with van der Waals surface area (Å²) in [6.07, 6.45) is 0.872. The summed E-state index contributed by atoms with van der Waals surface area (Å²) in [5.41, 5.74) is 3.81. The molecule has 0 aromatic heterocycles. The van der Waals surface area contributed by atoms with Crippen molar-refractivity contribution in [2.75, 3.05) is 38.1 Å². The molecule has 2 aliphatic heterocycles. The highest BCUT2D eigenvalue weighted by molar-refractivity contribution is 5.97. The zero-order chi connectivity index (χ0) is 19.9. The van der Waals surface area contributed by atoms with Crippen LogP contribution >= 0.6 is 0 Å². The number of carbonyl (C=O) groups excluding carboxylic acids is 2. The van der Waals surface area contributed by atoms with Crippen LogP contribution in [0.5, 0.6) is 0 Å². The molecular formula is C23H27N3O2. The summed E-state index contributed by atoms with van der Waals surface area (Å²) < 4.78 is 0. The fraction of sp³-hybridized carbons (Fsp3) is 0.391. The number of para-hydroxylation sites is 1. The van der Waals surface area contributed by atoms with E-state index in [4.69, 9.17) is 0 Å². The van der Waals surface area contributed by atoms with Gasteiger partial charge >= 0.3 is 0 Å². The fourth-order valence-electron chi connectivity index (χ4n) is 4.33. The van der Waals surface area contributed by atoms with Crippen molar-refractivity contribution in [3.8, 4) is 0 Å². The molecule has 28 heavy (non-hydrogen) atoms. The molecule has 2 amide bonds. The minimum Gasteiger partial charge on any atom is -0.337 e. The minimum atomic E-state index is -0.195. The molecule has 0 bridgehead atoms. The second kappa shape index (κ2) is 7.06. The Morgan fingerprint density at radius 2 is 1.75 bits per heavy atom. The molecule has 4 rings (SSSR count). The average molecular weight is 377 g/mol. The molecular weight excluding hydrogens is 350 g/mol. The summed E-state index contributed by atoms with van der Waals surface area (Å²) in [5, 5.41) is 0. The zero-order valence-electron chi connectivity index (χ0n) is 16.8. The molecule has 0 N–H and O–H groups in total. The van der Waals surface area contributed by atoms with Crippen LogP contribution in [0, 0.1) is 13.8 Å². The van der Waals surface area contributed by atoms with Crippen LogP contribution in [0.4, 0.5) is 5.69 Å². The van der Waals surface area contributed by atoms with Gasteiger partial charge in [-0.2, -0.15) is 0 Å². The highest BCUT2D eigenvalue weighted by Crippen LogP contribution is 2.34. The van der Waals surface area contributed by atoms with Crippen molar-refractivity contribution in [3.63, 3.8) is 0 Å². The Kier molecular flexibility index (Phi) is 4.71. The van der Waals surface area contributed by atoms with Gasteiger partial charge < -0.3 is 9.80 Å². The Hall–Kier alpha value is -2.66. The van der Waals surface area contributed by atoms with Crippen LogP contribution < -0.4 is 4.90 Å². The number of likely N-dealkylation sites (tertiary alicyclic amines) is 1. The van der Waals surface area contributed by atoms with Gasteiger partial charge in [0.1, 0.15) is 0 Å². The maximum atomic E-state index is 13.1. The van der Waals surface area contributed by atoms with Gasteiger partial charge in [0.05, 0.1) is 12.1 Å². The number of carbonyl (C=O) groups is 2. The van der Waals surface area contributed by atoms with Gasteiger partial charge in [0.15, 0.2) is 0 Å². The van der Waals surface area contributed by atoms with Crippen molar-refractivity contribution < 1.29 is 9.59 Å². The van der Waals surface area contributed by atoms with E-state index in [1.807, 2.05) is 72.3 Å². The molecule has 0 unspecified atom stereocenters. The fourth-order valence-corrected chi connectivity index (χ4v) is 4.33. The number of aryl methyl sites for hydroxylation is 2. The molecule has 0 aliphatic carbocycles. The lowest BCUT2D eigenvalue weighted by Gasteiger charge is -2.46. The smallest absolute Gasteiger partial charge is 0.253 e. The van der Waals surface area contributed by atoms with E-state index in [1.54, 1.807) is 0 Å². The number of hydrogen-bond acceptors (Lipinski definition) is 3. The predicted molar refractivity (Wildman–Crippen MR) is 111 cm³/mol. The number of anilines is 1. The maximum absolute atomic E-state index is 13.1. The van der Waals surface area contributed by atoms with Crippen LogP contribution in [0.2, 0.25) is 0 Å². The first kappa shape index (κ1) is 18.7. The van der Waals surface area contributed by atoms with Gasteiger partial charge in [0.25, 0.3) is 5.91 Å².